The molecule has 110 valence electrons. The van der Waals surface area contributed by atoms with Crippen LogP contribution >= 0.6 is 0 Å². The second kappa shape index (κ2) is 6.86. The first-order valence-electron chi connectivity index (χ1n) is 7.18. The molecular formula is C16H23FN2O. The summed E-state index contributed by atoms with van der Waals surface area (Å²) in [5.74, 6) is -0.734. The maximum atomic E-state index is 13.8. The Morgan fingerprint density at radius 2 is 2.15 bits per heavy atom. The summed E-state index contributed by atoms with van der Waals surface area (Å²) in [4.78, 5) is 2.31. The van der Waals surface area contributed by atoms with Gasteiger partial charge in [-0.25, -0.2) is 4.39 Å². The Kier molecular flexibility index (Phi) is 5.15. The molecule has 1 fully saturated rings. The minimum absolute atomic E-state index is 0.0458. The molecule has 0 radical (unpaired) electrons. The second-order valence-electron chi connectivity index (χ2n) is 5.35. The topological polar surface area (TPSA) is 35.5 Å². The van der Waals surface area contributed by atoms with Gasteiger partial charge < -0.3 is 10.4 Å². The SMILES string of the molecule is C=CCC[C@@H](c1cc(C)cc(F)c1O)N1CCNCC1. The van der Waals surface area contributed by atoms with Crippen LogP contribution in [0.5, 0.6) is 5.75 Å². The molecule has 1 aromatic rings. The number of nitrogens with zero attached hydrogens (tertiary/aromatic N) is 1. The largest absolute Gasteiger partial charge is 0.505 e. The minimum atomic E-state index is -0.529. The van der Waals surface area contributed by atoms with Gasteiger partial charge in [0.25, 0.3) is 0 Å². The highest BCUT2D eigenvalue weighted by atomic mass is 19.1. The molecule has 2 rings (SSSR count). The number of halogens is 1. The molecule has 0 bridgehead atoms. The van der Waals surface area contributed by atoms with Crippen LogP contribution in [0.3, 0.4) is 0 Å². The van der Waals surface area contributed by atoms with Gasteiger partial charge in [-0.3, -0.25) is 4.90 Å². The van der Waals surface area contributed by atoms with Gasteiger partial charge in [-0.05, 0) is 31.4 Å². The van der Waals surface area contributed by atoms with Crippen LogP contribution in [-0.2, 0) is 0 Å². The van der Waals surface area contributed by atoms with Crippen molar-refractivity contribution in [2.45, 2.75) is 25.8 Å². The molecule has 0 spiro atoms. The molecule has 0 aromatic heterocycles. The average Bonchev–Trinajstić information content (AvgIpc) is 2.45. The van der Waals surface area contributed by atoms with Gasteiger partial charge in [0, 0.05) is 37.8 Å². The van der Waals surface area contributed by atoms with Crippen molar-refractivity contribution in [2.24, 2.45) is 0 Å². The van der Waals surface area contributed by atoms with Crippen molar-refractivity contribution in [1.82, 2.24) is 10.2 Å². The first-order chi connectivity index (χ1) is 9.63. The third kappa shape index (κ3) is 3.38. The summed E-state index contributed by atoms with van der Waals surface area (Å²) in [6.07, 6.45) is 3.57. The quantitative estimate of drug-likeness (QED) is 0.813. The molecule has 0 unspecified atom stereocenters. The first kappa shape index (κ1) is 15.0. The van der Waals surface area contributed by atoms with E-state index in [1.165, 1.54) is 6.07 Å². The summed E-state index contributed by atoms with van der Waals surface area (Å²) < 4.78 is 13.8. The predicted molar refractivity (Wildman–Crippen MR) is 79.4 cm³/mol. The predicted octanol–water partition coefficient (Wildman–Crippen LogP) is 2.75. The number of aryl methyl sites for hydroxylation is 1. The van der Waals surface area contributed by atoms with Crippen molar-refractivity contribution in [3.05, 3.63) is 41.7 Å². The Hall–Kier alpha value is -1.39. The van der Waals surface area contributed by atoms with Crippen LogP contribution < -0.4 is 5.32 Å². The number of aromatic hydroxyl groups is 1. The summed E-state index contributed by atoms with van der Waals surface area (Å²) >= 11 is 0. The number of piperazine rings is 1. The summed E-state index contributed by atoms with van der Waals surface area (Å²) in [5, 5.41) is 13.4. The van der Waals surface area contributed by atoms with Crippen molar-refractivity contribution < 1.29 is 9.50 Å². The summed E-state index contributed by atoms with van der Waals surface area (Å²) in [6.45, 7) is 9.30. The zero-order valence-corrected chi connectivity index (χ0v) is 12.0. The van der Waals surface area contributed by atoms with E-state index >= 15 is 0 Å². The van der Waals surface area contributed by atoms with E-state index in [4.69, 9.17) is 0 Å². The normalized spacial score (nSPS) is 17.9. The van der Waals surface area contributed by atoms with E-state index < -0.39 is 5.82 Å². The van der Waals surface area contributed by atoms with Crippen LogP contribution in [0.25, 0.3) is 0 Å². The zero-order valence-electron chi connectivity index (χ0n) is 12.0. The van der Waals surface area contributed by atoms with Gasteiger partial charge in [0.05, 0.1) is 0 Å². The van der Waals surface area contributed by atoms with Gasteiger partial charge in [0.1, 0.15) is 0 Å². The van der Waals surface area contributed by atoms with Crippen molar-refractivity contribution in [1.29, 1.82) is 0 Å². The maximum absolute atomic E-state index is 13.8. The van der Waals surface area contributed by atoms with Crippen LogP contribution in [0.2, 0.25) is 0 Å². The fourth-order valence-corrected chi connectivity index (χ4v) is 2.82. The van der Waals surface area contributed by atoms with Crippen LogP contribution in [0.15, 0.2) is 24.8 Å². The summed E-state index contributed by atoms with van der Waals surface area (Å²) in [6, 6.07) is 3.32. The molecular weight excluding hydrogens is 255 g/mol. The Balaban J connectivity index is 2.31. The van der Waals surface area contributed by atoms with Crippen molar-refractivity contribution in [2.75, 3.05) is 26.2 Å². The smallest absolute Gasteiger partial charge is 0.165 e. The van der Waals surface area contributed by atoms with Crippen LogP contribution in [0.1, 0.15) is 30.0 Å². The molecule has 1 aliphatic rings. The first-order valence-corrected chi connectivity index (χ1v) is 7.18. The molecule has 20 heavy (non-hydrogen) atoms. The monoisotopic (exact) mass is 278 g/mol. The van der Waals surface area contributed by atoms with Crippen molar-refractivity contribution in [3.8, 4) is 5.75 Å². The standard InChI is InChI=1S/C16H23FN2O/c1-3-4-5-15(19-8-6-18-7-9-19)13-10-12(2)11-14(17)16(13)20/h3,10-11,15,18,20H,1,4-9H2,2H3/t15-/m0/s1. The Morgan fingerprint density at radius 3 is 2.80 bits per heavy atom. The van der Waals surface area contributed by atoms with E-state index in [0.29, 0.717) is 5.56 Å². The number of phenols is 1. The lowest BCUT2D eigenvalue weighted by atomic mass is 9.96. The Morgan fingerprint density at radius 1 is 1.45 bits per heavy atom. The molecule has 4 heteroatoms. The van der Waals surface area contributed by atoms with Crippen molar-refractivity contribution in [3.63, 3.8) is 0 Å². The number of allylic oxidation sites excluding steroid dienone is 1. The molecule has 1 aromatic carbocycles. The fourth-order valence-electron chi connectivity index (χ4n) is 2.82. The lowest BCUT2D eigenvalue weighted by Crippen LogP contribution is -2.45. The van der Waals surface area contributed by atoms with Gasteiger partial charge >= 0.3 is 0 Å². The number of hydrogen-bond donors (Lipinski definition) is 2. The number of benzene rings is 1. The molecule has 1 aliphatic heterocycles. The van der Waals surface area contributed by atoms with Crippen molar-refractivity contribution >= 4 is 0 Å². The second-order valence-corrected chi connectivity index (χ2v) is 5.35. The highest BCUT2D eigenvalue weighted by Gasteiger charge is 2.25. The van der Waals surface area contributed by atoms with E-state index in [0.717, 1.165) is 44.6 Å². The van der Waals surface area contributed by atoms with Gasteiger partial charge in [-0.2, -0.15) is 0 Å². The van der Waals surface area contributed by atoms with E-state index in [1.807, 2.05) is 19.1 Å². The highest BCUT2D eigenvalue weighted by Crippen LogP contribution is 2.35. The molecule has 0 aliphatic carbocycles. The van der Waals surface area contributed by atoms with E-state index in [9.17, 15) is 9.50 Å². The summed E-state index contributed by atoms with van der Waals surface area (Å²) in [7, 11) is 0. The number of nitrogens with one attached hydrogen (secondary N) is 1. The van der Waals surface area contributed by atoms with Gasteiger partial charge in [-0.1, -0.05) is 12.1 Å². The maximum Gasteiger partial charge on any atom is 0.165 e. The third-order valence-electron chi connectivity index (χ3n) is 3.83. The Labute approximate surface area is 120 Å². The van der Waals surface area contributed by atoms with E-state index in [-0.39, 0.29) is 11.8 Å². The van der Waals surface area contributed by atoms with E-state index in [2.05, 4.69) is 16.8 Å². The van der Waals surface area contributed by atoms with Gasteiger partial charge in [0.2, 0.25) is 0 Å². The average molecular weight is 278 g/mol. The lowest BCUT2D eigenvalue weighted by Gasteiger charge is -2.35. The minimum Gasteiger partial charge on any atom is -0.505 e. The Bertz CT molecular complexity index is 470. The number of rotatable bonds is 5. The number of phenolic OH excluding ortho intramolecular Hbond substituents is 1. The molecule has 0 amide bonds. The third-order valence-corrected chi connectivity index (χ3v) is 3.83. The van der Waals surface area contributed by atoms with Crippen LogP contribution in [-0.4, -0.2) is 36.2 Å². The molecule has 0 saturated carbocycles. The highest BCUT2D eigenvalue weighted by molar-refractivity contribution is 5.39. The molecule has 1 heterocycles. The van der Waals surface area contributed by atoms with Crippen LogP contribution in [0, 0.1) is 12.7 Å². The molecule has 3 nitrogen and oxygen atoms in total. The molecule has 2 N–H and O–H groups in total. The fraction of sp³-hybridized carbons (Fsp3) is 0.500. The zero-order chi connectivity index (χ0) is 14.5. The lowest BCUT2D eigenvalue weighted by molar-refractivity contribution is 0.163. The van der Waals surface area contributed by atoms with Gasteiger partial charge in [0.15, 0.2) is 11.6 Å². The molecule has 1 saturated heterocycles. The summed E-state index contributed by atoms with van der Waals surface area (Å²) in [5.41, 5.74) is 1.54. The van der Waals surface area contributed by atoms with E-state index in [1.54, 1.807) is 0 Å². The number of hydrogen-bond acceptors (Lipinski definition) is 3. The molecule has 1 atom stereocenters. The van der Waals surface area contributed by atoms with Crippen LogP contribution in [0.4, 0.5) is 4.39 Å². The van der Waals surface area contributed by atoms with Gasteiger partial charge in [-0.15, -0.1) is 6.58 Å².